The van der Waals surface area contributed by atoms with Crippen LogP contribution in [0.15, 0.2) is 22.5 Å². The Hall–Kier alpha value is -1.07. The van der Waals surface area contributed by atoms with E-state index in [9.17, 15) is 5.11 Å². The number of likely N-dealkylation sites (N-methyl/N-ethyl adjacent to an activating group) is 1. The molecule has 1 heterocycles. The lowest BCUT2D eigenvalue weighted by Crippen LogP contribution is -2.47. The third kappa shape index (κ3) is 4.21. The van der Waals surface area contributed by atoms with Crippen LogP contribution < -0.4 is 5.32 Å². The van der Waals surface area contributed by atoms with Gasteiger partial charge in [0.2, 0.25) is 0 Å². The largest absolute Gasteiger partial charge is 0.388 e. The fraction of sp³-hybridized carbons (Fsp3) is 0.667. The van der Waals surface area contributed by atoms with Crippen LogP contribution in [0.4, 0.5) is 0 Å². The Morgan fingerprint density at radius 1 is 1.50 bits per heavy atom. The van der Waals surface area contributed by atoms with Crippen LogP contribution in [0.25, 0.3) is 0 Å². The van der Waals surface area contributed by atoms with Gasteiger partial charge < -0.3 is 15.3 Å². The SMILES string of the molecule is CN=C(NCC1(O)CCCC1)N(C)CCc1cccs1. The van der Waals surface area contributed by atoms with Gasteiger partial charge in [-0.2, -0.15) is 0 Å². The maximum Gasteiger partial charge on any atom is 0.193 e. The molecular formula is C15H25N3OS. The molecule has 0 aromatic carbocycles. The zero-order valence-corrected chi connectivity index (χ0v) is 13.2. The van der Waals surface area contributed by atoms with Crippen molar-refractivity contribution in [2.24, 2.45) is 4.99 Å². The first-order valence-corrected chi connectivity index (χ1v) is 8.17. The first-order chi connectivity index (χ1) is 9.63. The Morgan fingerprint density at radius 3 is 2.85 bits per heavy atom. The maximum atomic E-state index is 10.4. The van der Waals surface area contributed by atoms with Crippen LogP contribution in [-0.2, 0) is 6.42 Å². The first kappa shape index (κ1) is 15.3. The molecule has 2 rings (SSSR count). The second kappa shape index (κ2) is 7.09. The number of guanidine groups is 1. The van der Waals surface area contributed by atoms with Crippen molar-refractivity contribution in [2.75, 3.05) is 27.2 Å². The number of aliphatic hydroxyl groups is 1. The monoisotopic (exact) mass is 295 g/mol. The van der Waals surface area contributed by atoms with Gasteiger partial charge in [-0.25, -0.2) is 0 Å². The van der Waals surface area contributed by atoms with Gasteiger partial charge in [0.05, 0.1) is 5.60 Å². The van der Waals surface area contributed by atoms with Gasteiger partial charge in [-0.05, 0) is 30.7 Å². The van der Waals surface area contributed by atoms with Crippen molar-refractivity contribution in [3.63, 3.8) is 0 Å². The number of nitrogens with one attached hydrogen (secondary N) is 1. The van der Waals surface area contributed by atoms with Crippen molar-refractivity contribution < 1.29 is 5.11 Å². The summed E-state index contributed by atoms with van der Waals surface area (Å²) in [5, 5.41) is 15.8. The predicted octanol–water partition coefficient (Wildman–Crippen LogP) is 2.10. The van der Waals surface area contributed by atoms with E-state index in [4.69, 9.17) is 0 Å². The summed E-state index contributed by atoms with van der Waals surface area (Å²) < 4.78 is 0. The van der Waals surface area contributed by atoms with Gasteiger partial charge in [0.1, 0.15) is 0 Å². The summed E-state index contributed by atoms with van der Waals surface area (Å²) in [5.74, 6) is 0.863. The molecule has 1 aromatic heterocycles. The van der Waals surface area contributed by atoms with E-state index >= 15 is 0 Å². The molecule has 2 N–H and O–H groups in total. The highest BCUT2D eigenvalue weighted by Gasteiger charge is 2.31. The molecule has 1 aliphatic rings. The van der Waals surface area contributed by atoms with Gasteiger partial charge in [0, 0.05) is 32.1 Å². The number of thiophene rings is 1. The molecule has 1 aromatic rings. The molecule has 1 saturated carbocycles. The molecule has 112 valence electrons. The molecule has 5 heteroatoms. The Labute approximate surface area is 125 Å². The first-order valence-electron chi connectivity index (χ1n) is 7.29. The van der Waals surface area contributed by atoms with E-state index in [2.05, 4.69) is 32.7 Å². The molecule has 0 atom stereocenters. The van der Waals surface area contributed by atoms with Crippen LogP contribution in [-0.4, -0.2) is 48.8 Å². The van der Waals surface area contributed by atoms with Crippen molar-refractivity contribution in [1.29, 1.82) is 0 Å². The fourth-order valence-corrected chi connectivity index (χ4v) is 3.38. The molecule has 0 amide bonds. The van der Waals surface area contributed by atoms with Gasteiger partial charge in [0.25, 0.3) is 0 Å². The summed E-state index contributed by atoms with van der Waals surface area (Å²) in [6, 6.07) is 4.25. The average molecular weight is 295 g/mol. The molecule has 4 nitrogen and oxygen atoms in total. The van der Waals surface area contributed by atoms with Crippen molar-refractivity contribution in [2.45, 2.75) is 37.7 Å². The van der Waals surface area contributed by atoms with Crippen LogP contribution >= 0.6 is 11.3 Å². The number of aliphatic imine (C=N–C) groups is 1. The van der Waals surface area contributed by atoms with Gasteiger partial charge in [0.15, 0.2) is 5.96 Å². The third-order valence-corrected chi connectivity index (χ3v) is 4.89. The molecular weight excluding hydrogens is 270 g/mol. The van der Waals surface area contributed by atoms with E-state index < -0.39 is 5.60 Å². The lowest BCUT2D eigenvalue weighted by atomic mass is 10.0. The molecule has 0 bridgehead atoms. The van der Waals surface area contributed by atoms with E-state index in [1.807, 2.05) is 7.05 Å². The van der Waals surface area contributed by atoms with E-state index in [0.717, 1.165) is 44.6 Å². The van der Waals surface area contributed by atoms with Crippen molar-refractivity contribution >= 4 is 17.3 Å². The smallest absolute Gasteiger partial charge is 0.193 e. The Kier molecular flexibility index (Phi) is 5.43. The minimum Gasteiger partial charge on any atom is -0.388 e. The standard InChI is InChI=1S/C15H25N3OS/c1-16-14(17-12-15(19)8-3-4-9-15)18(2)10-7-13-6-5-11-20-13/h5-6,11,19H,3-4,7-10,12H2,1-2H3,(H,16,17). The fourth-order valence-electron chi connectivity index (χ4n) is 2.68. The van der Waals surface area contributed by atoms with E-state index in [0.29, 0.717) is 6.54 Å². The zero-order chi connectivity index (χ0) is 14.4. The normalized spacial score (nSPS) is 18.2. The van der Waals surface area contributed by atoms with Gasteiger partial charge in [-0.15, -0.1) is 11.3 Å². The van der Waals surface area contributed by atoms with Crippen molar-refractivity contribution in [1.82, 2.24) is 10.2 Å². The summed E-state index contributed by atoms with van der Waals surface area (Å²) in [7, 11) is 3.84. The maximum absolute atomic E-state index is 10.4. The Bertz CT molecular complexity index is 424. The van der Waals surface area contributed by atoms with E-state index in [1.54, 1.807) is 18.4 Å². The van der Waals surface area contributed by atoms with Crippen LogP contribution in [0, 0.1) is 0 Å². The average Bonchev–Trinajstić information content (AvgIpc) is 3.09. The van der Waals surface area contributed by atoms with Crippen LogP contribution in [0.3, 0.4) is 0 Å². The topological polar surface area (TPSA) is 47.9 Å². The summed E-state index contributed by atoms with van der Waals surface area (Å²) in [6.45, 7) is 1.53. The summed E-state index contributed by atoms with van der Waals surface area (Å²) >= 11 is 1.79. The summed E-state index contributed by atoms with van der Waals surface area (Å²) in [5.41, 5.74) is -0.537. The number of hydrogen-bond donors (Lipinski definition) is 2. The molecule has 1 aliphatic carbocycles. The van der Waals surface area contributed by atoms with Crippen LogP contribution in [0.1, 0.15) is 30.6 Å². The Balaban J connectivity index is 1.78. The summed E-state index contributed by atoms with van der Waals surface area (Å²) in [6.07, 6.45) is 5.08. The molecule has 0 unspecified atom stereocenters. The lowest BCUT2D eigenvalue weighted by Gasteiger charge is -2.27. The number of nitrogens with zero attached hydrogens (tertiary/aromatic N) is 2. The highest BCUT2D eigenvalue weighted by atomic mass is 32.1. The molecule has 20 heavy (non-hydrogen) atoms. The molecule has 0 radical (unpaired) electrons. The van der Waals surface area contributed by atoms with Crippen molar-refractivity contribution in [3.8, 4) is 0 Å². The minimum absolute atomic E-state index is 0.537. The third-order valence-electron chi connectivity index (χ3n) is 3.96. The highest BCUT2D eigenvalue weighted by molar-refractivity contribution is 7.09. The van der Waals surface area contributed by atoms with Crippen LogP contribution in [0.5, 0.6) is 0 Å². The van der Waals surface area contributed by atoms with E-state index in [-0.39, 0.29) is 0 Å². The zero-order valence-electron chi connectivity index (χ0n) is 12.4. The number of hydrogen-bond acceptors (Lipinski definition) is 3. The quantitative estimate of drug-likeness (QED) is 0.646. The second-order valence-corrected chi connectivity index (χ2v) is 6.62. The van der Waals surface area contributed by atoms with Gasteiger partial charge in [-0.1, -0.05) is 18.9 Å². The molecule has 0 spiro atoms. The minimum atomic E-state index is -0.537. The molecule has 1 fully saturated rings. The van der Waals surface area contributed by atoms with Gasteiger partial charge >= 0.3 is 0 Å². The predicted molar refractivity (Wildman–Crippen MR) is 85.4 cm³/mol. The molecule has 0 aliphatic heterocycles. The number of rotatable bonds is 5. The second-order valence-electron chi connectivity index (χ2n) is 5.58. The molecule has 0 saturated heterocycles. The van der Waals surface area contributed by atoms with Gasteiger partial charge in [-0.3, -0.25) is 4.99 Å². The highest BCUT2D eigenvalue weighted by Crippen LogP contribution is 2.28. The van der Waals surface area contributed by atoms with Crippen LogP contribution in [0.2, 0.25) is 0 Å². The van der Waals surface area contributed by atoms with E-state index in [1.165, 1.54) is 4.88 Å². The Morgan fingerprint density at radius 2 is 2.25 bits per heavy atom. The summed E-state index contributed by atoms with van der Waals surface area (Å²) in [4.78, 5) is 7.82. The van der Waals surface area contributed by atoms with Crippen molar-refractivity contribution in [3.05, 3.63) is 22.4 Å². The lowest BCUT2D eigenvalue weighted by molar-refractivity contribution is 0.0517.